The average molecular weight is 455 g/mol. The topological polar surface area (TPSA) is 66.4 Å². The summed E-state index contributed by atoms with van der Waals surface area (Å²) < 4.78 is 28.8. The van der Waals surface area contributed by atoms with Gasteiger partial charge < -0.3 is 28.8 Å². The number of benzene rings is 1. The maximum absolute atomic E-state index is 11.2. The first kappa shape index (κ1) is 24.8. The van der Waals surface area contributed by atoms with Crippen LogP contribution in [0, 0.1) is 0 Å². The molecule has 1 aromatic rings. The Labute approximate surface area is 196 Å². The molecule has 1 aromatic carbocycles. The van der Waals surface area contributed by atoms with E-state index in [1.807, 2.05) is 58.1 Å². The van der Waals surface area contributed by atoms with Gasteiger partial charge in [0.1, 0.15) is 35.6 Å². The molecule has 1 N–H and O–H groups in total. The molecule has 0 saturated heterocycles. The third-order valence-corrected chi connectivity index (χ3v) is 5.44. The van der Waals surface area contributed by atoms with E-state index in [0.717, 1.165) is 5.57 Å². The molecule has 2 aliphatic rings. The molecule has 3 unspecified atom stereocenters. The molecule has 0 saturated carbocycles. The van der Waals surface area contributed by atoms with Gasteiger partial charge in [0, 0.05) is 17.7 Å². The van der Waals surface area contributed by atoms with Crippen LogP contribution in [-0.4, -0.2) is 44.7 Å². The maximum Gasteiger partial charge on any atom is 0.140 e. The van der Waals surface area contributed by atoms with Crippen molar-refractivity contribution in [1.82, 2.24) is 0 Å². The zero-order valence-electron chi connectivity index (χ0n) is 20.3. The van der Waals surface area contributed by atoms with Crippen LogP contribution in [0.25, 0.3) is 0 Å². The smallest absolute Gasteiger partial charge is 0.140 e. The minimum Gasteiger partial charge on any atom is -0.496 e. The number of hydrogen-bond acceptors (Lipinski definition) is 6. The second-order valence-corrected chi connectivity index (χ2v) is 8.48. The quantitative estimate of drug-likeness (QED) is 0.517. The van der Waals surface area contributed by atoms with E-state index in [2.05, 4.69) is 0 Å². The number of rotatable bonds is 9. The summed E-state index contributed by atoms with van der Waals surface area (Å²) in [6.07, 6.45) is 10.1. The summed E-state index contributed by atoms with van der Waals surface area (Å²) in [7, 11) is 3.13. The lowest BCUT2D eigenvalue weighted by Gasteiger charge is -2.30. The van der Waals surface area contributed by atoms with E-state index in [0.29, 0.717) is 41.6 Å². The Morgan fingerprint density at radius 1 is 0.970 bits per heavy atom. The number of hydrogen-bond donors (Lipinski definition) is 1. The van der Waals surface area contributed by atoms with Crippen molar-refractivity contribution in [1.29, 1.82) is 0 Å². The van der Waals surface area contributed by atoms with Crippen LogP contribution >= 0.6 is 0 Å². The Hall–Kier alpha value is -2.80. The van der Waals surface area contributed by atoms with Crippen molar-refractivity contribution in [2.45, 2.75) is 46.0 Å². The fraction of sp³-hybridized carbons (Fsp3) is 0.407. The van der Waals surface area contributed by atoms with Gasteiger partial charge in [0.2, 0.25) is 0 Å². The van der Waals surface area contributed by atoms with Gasteiger partial charge in [0.25, 0.3) is 0 Å². The Balaban J connectivity index is 1.86. The van der Waals surface area contributed by atoms with Gasteiger partial charge in [-0.3, -0.25) is 0 Å². The zero-order valence-corrected chi connectivity index (χ0v) is 20.3. The molecule has 1 aliphatic heterocycles. The van der Waals surface area contributed by atoms with E-state index >= 15 is 0 Å². The van der Waals surface area contributed by atoms with Gasteiger partial charge in [-0.15, -0.1) is 0 Å². The largest absolute Gasteiger partial charge is 0.496 e. The highest BCUT2D eigenvalue weighted by Gasteiger charge is 2.31. The number of fused-ring (bicyclic) bond motifs is 1. The molecule has 6 heteroatoms. The van der Waals surface area contributed by atoms with Gasteiger partial charge in [-0.25, -0.2) is 0 Å². The van der Waals surface area contributed by atoms with Gasteiger partial charge in [0.05, 0.1) is 39.3 Å². The number of allylic oxidation sites excluding steroid dienone is 3. The first-order valence-electron chi connectivity index (χ1n) is 11.0. The van der Waals surface area contributed by atoms with Crippen molar-refractivity contribution in [3.05, 3.63) is 76.6 Å². The number of aliphatic hydroxyl groups excluding tert-OH is 1. The lowest BCUT2D eigenvalue weighted by atomic mass is 9.89. The summed E-state index contributed by atoms with van der Waals surface area (Å²) in [5.74, 6) is 1.60. The second kappa shape index (κ2) is 11.4. The van der Waals surface area contributed by atoms with Crippen molar-refractivity contribution in [2.75, 3.05) is 27.4 Å². The summed E-state index contributed by atoms with van der Waals surface area (Å²) in [5, 5.41) is 11.2. The number of methoxy groups -OCH3 is 2. The Kier molecular flexibility index (Phi) is 8.55. The van der Waals surface area contributed by atoms with Crippen LogP contribution in [0.15, 0.2) is 71.1 Å². The lowest BCUT2D eigenvalue weighted by Crippen LogP contribution is -2.31. The Morgan fingerprint density at radius 3 is 2.24 bits per heavy atom. The fourth-order valence-corrected chi connectivity index (χ4v) is 3.58. The molecular formula is C27H34O6. The molecule has 0 fully saturated rings. The second-order valence-electron chi connectivity index (χ2n) is 8.48. The van der Waals surface area contributed by atoms with Crippen LogP contribution in [0.3, 0.4) is 0 Å². The molecule has 0 radical (unpaired) electrons. The van der Waals surface area contributed by atoms with Crippen LogP contribution in [0.4, 0.5) is 0 Å². The lowest BCUT2D eigenvalue weighted by molar-refractivity contribution is -0.0127. The van der Waals surface area contributed by atoms with Crippen molar-refractivity contribution >= 4 is 0 Å². The molecule has 0 spiro atoms. The van der Waals surface area contributed by atoms with Crippen LogP contribution < -0.4 is 14.2 Å². The predicted octanol–water partition coefficient (Wildman–Crippen LogP) is 5.21. The van der Waals surface area contributed by atoms with Gasteiger partial charge in [-0.05, 0) is 39.3 Å². The van der Waals surface area contributed by atoms with Gasteiger partial charge in [-0.2, -0.15) is 0 Å². The predicted molar refractivity (Wildman–Crippen MR) is 129 cm³/mol. The minimum atomic E-state index is -0.924. The number of aliphatic hydroxyl groups is 1. The van der Waals surface area contributed by atoms with E-state index < -0.39 is 6.10 Å². The summed E-state index contributed by atoms with van der Waals surface area (Å²) in [6.45, 7) is 9.13. The van der Waals surface area contributed by atoms with E-state index in [4.69, 9.17) is 23.7 Å². The molecule has 0 amide bonds. The standard InChI is InChI=1S/C27H34O6/c1-17(2)9-11-31-22-8-7-19(13-23(22)32-12-10-18(3)4)21-16-33-25-15-20(29-5)14-24(30-6)26(25)27(21)28/h7-10,13-16,22-23,27-28H,11-12H2,1-6H3. The van der Waals surface area contributed by atoms with Crippen LogP contribution in [-0.2, 0) is 9.47 Å². The third kappa shape index (κ3) is 6.16. The monoisotopic (exact) mass is 454 g/mol. The van der Waals surface area contributed by atoms with Crippen LogP contribution in [0.1, 0.15) is 39.4 Å². The zero-order chi connectivity index (χ0) is 24.0. The van der Waals surface area contributed by atoms with Crippen molar-refractivity contribution in [3.8, 4) is 17.2 Å². The fourth-order valence-electron chi connectivity index (χ4n) is 3.58. The normalized spacial score (nSPS) is 21.2. The summed E-state index contributed by atoms with van der Waals surface area (Å²) in [6, 6.07) is 3.47. The molecule has 0 aromatic heterocycles. The number of ether oxygens (including phenoxy) is 5. The van der Waals surface area contributed by atoms with E-state index in [-0.39, 0.29) is 12.2 Å². The third-order valence-electron chi connectivity index (χ3n) is 5.44. The maximum atomic E-state index is 11.2. The summed E-state index contributed by atoms with van der Waals surface area (Å²) >= 11 is 0. The molecule has 1 heterocycles. The Morgan fingerprint density at radius 2 is 1.64 bits per heavy atom. The molecule has 3 atom stereocenters. The van der Waals surface area contributed by atoms with Crippen molar-refractivity contribution < 1.29 is 28.8 Å². The van der Waals surface area contributed by atoms with Crippen molar-refractivity contribution in [2.24, 2.45) is 0 Å². The molecule has 6 nitrogen and oxygen atoms in total. The Bertz CT molecular complexity index is 990. The summed E-state index contributed by atoms with van der Waals surface area (Å²) in [5.41, 5.74) is 4.39. The van der Waals surface area contributed by atoms with Gasteiger partial charge >= 0.3 is 0 Å². The van der Waals surface area contributed by atoms with Gasteiger partial charge in [-0.1, -0.05) is 35.5 Å². The molecule has 33 heavy (non-hydrogen) atoms. The van der Waals surface area contributed by atoms with E-state index in [1.54, 1.807) is 32.6 Å². The molecule has 178 valence electrons. The first-order chi connectivity index (χ1) is 15.8. The molecule has 0 bridgehead atoms. The summed E-state index contributed by atoms with van der Waals surface area (Å²) in [4.78, 5) is 0. The minimum absolute atomic E-state index is 0.233. The van der Waals surface area contributed by atoms with Crippen molar-refractivity contribution in [3.63, 3.8) is 0 Å². The average Bonchev–Trinajstić information content (AvgIpc) is 2.79. The SMILES string of the molecule is COc1cc(OC)c2c(c1)OC=C(C1=CC(OCC=C(C)C)C(OCC=C(C)C)C=C1)C2O. The van der Waals surface area contributed by atoms with E-state index in [1.165, 1.54) is 11.1 Å². The van der Waals surface area contributed by atoms with Crippen LogP contribution in [0.2, 0.25) is 0 Å². The van der Waals surface area contributed by atoms with E-state index in [9.17, 15) is 5.11 Å². The molecule has 1 aliphatic carbocycles. The van der Waals surface area contributed by atoms with Gasteiger partial charge in [0.15, 0.2) is 0 Å². The van der Waals surface area contributed by atoms with Crippen LogP contribution in [0.5, 0.6) is 17.2 Å². The molecule has 3 rings (SSSR count). The molecular weight excluding hydrogens is 420 g/mol. The highest BCUT2D eigenvalue weighted by atomic mass is 16.5. The highest BCUT2D eigenvalue weighted by molar-refractivity contribution is 5.59. The first-order valence-corrected chi connectivity index (χ1v) is 11.0. The highest BCUT2D eigenvalue weighted by Crippen LogP contribution is 2.45.